The maximum Gasteiger partial charge on any atom is 0.352 e. The Hall–Kier alpha value is -2.97. The lowest BCUT2D eigenvalue weighted by atomic mass is 10.1. The number of nitrogens with zero attached hydrogens (tertiary/aromatic N) is 4. The normalized spacial score (nSPS) is 11.6. The number of aromatic nitrogens is 4. The molecule has 1 aromatic carbocycles. The van der Waals surface area contributed by atoms with E-state index in [0.717, 1.165) is 16.0 Å². The maximum atomic E-state index is 13.1. The maximum absolute atomic E-state index is 13.1. The van der Waals surface area contributed by atoms with Crippen molar-refractivity contribution in [2.24, 2.45) is 0 Å². The molecule has 0 N–H and O–H groups in total. The van der Waals surface area contributed by atoms with Gasteiger partial charge in [0.1, 0.15) is 4.70 Å². The molecule has 0 saturated heterocycles. The summed E-state index contributed by atoms with van der Waals surface area (Å²) in [7, 11) is 0. The largest absolute Gasteiger partial charge is 0.352 e. The van der Waals surface area contributed by atoms with E-state index >= 15 is 0 Å². The van der Waals surface area contributed by atoms with Gasteiger partial charge in [-0.3, -0.25) is 9.36 Å². The Morgan fingerprint density at radius 3 is 2.54 bits per heavy atom. The van der Waals surface area contributed by atoms with Gasteiger partial charge in [0.25, 0.3) is 5.56 Å². The van der Waals surface area contributed by atoms with Crippen molar-refractivity contribution in [3.63, 3.8) is 0 Å². The molecule has 0 aliphatic carbocycles. The van der Waals surface area contributed by atoms with E-state index in [9.17, 15) is 9.59 Å². The predicted molar refractivity (Wildman–Crippen MR) is 113 cm³/mol. The zero-order valence-electron chi connectivity index (χ0n) is 15.0. The van der Waals surface area contributed by atoms with Crippen molar-refractivity contribution in [2.75, 3.05) is 0 Å². The summed E-state index contributed by atoms with van der Waals surface area (Å²) in [5, 5.41) is 8.35. The zero-order chi connectivity index (χ0) is 19.3. The molecular formula is C20H16N4O2S2. The van der Waals surface area contributed by atoms with Gasteiger partial charge in [0.05, 0.1) is 18.6 Å². The summed E-state index contributed by atoms with van der Waals surface area (Å²) in [6, 6.07) is 13.8. The SMILES string of the molecule is Cc1ccc(Cn2nc3n(Cc4cccs4)c(=O)c4sccc4n3c2=O)cc1. The van der Waals surface area contributed by atoms with Crippen molar-refractivity contribution in [3.8, 4) is 0 Å². The molecule has 0 aliphatic rings. The molecule has 140 valence electrons. The molecule has 0 aliphatic heterocycles. The fourth-order valence-corrected chi connectivity index (χ4v) is 4.82. The molecule has 4 heterocycles. The molecule has 28 heavy (non-hydrogen) atoms. The molecular weight excluding hydrogens is 392 g/mol. The van der Waals surface area contributed by atoms with Gasteiger partial charge < -0.3 is 0 Å². The molecule has 0 fully saturated rings. The molecule has 0 bridgehead atoms. The average Bonchev–Trinajstić information content (AvgIpc) is 3.42. The van der Waals surface area contributed by atoms with Gasteiger partial charge >= 0.3 is 5.69 Å². The molecule has 0 saturated carbocycles. The van der Waals surface area contributed by atoms with Crippen LogP contribution in [0.2, 0.25) is 0 Å². The van der Waals surface area contributed by atoms with Crippen LogP contribution in [-0.2, 0) is 13.1 Å². The van der Waals surface area contributed by atoms with E-state index in [2.05, 4.69) is 5.10 Å². The first-order valence-corrected chi connectivity index (χ1v) is 10.6. The number of aryl methyl sites for hydroxylation is 1. The number of hydrogen-bond acceptors (Lipinski definition) is 5. The van der Waals surface area contributed by atoms with Gasteiger partial charge in [0.15, 0.2) is 0 Å². The minimum atomic E-state index is -0.237. The number of benzene rings is 1. The van der Waals surface area contributed by atoms with Crippen LogP contribution in [0.1, 0.15) is 16.0 Å². The fraction of sp³-hybridized carbons (Fsp3) is 0.150. The standard InChI is InChI=1S/C20H16N4O2S2/c1-13-4-6-14(7-5-13)11-23-20(26)24-16-8-10-28-17(16)18(25)22(19(24)21-23)12-15-3-2-9-27-15/h2-10H,11-12H2,1H3. The van der Waals surface area contributed by atoms with Gasteiger partial charge in [-0.2, -0.15) is 0 Å². The van der Waals surface area contributed by atoms with E-state index in [1.165, 1.54) is 16.0 Å². The Labute approximate surface area is 167 Å². The van der Waals surface area contributed by atoms with Crippen LogP contribution in [0.15, 0.2) is 62.8 Å². The van der Waals surface area contributed by atoms with Gasteiger partial charge in [-0.15, -0.1) is 27.8 Å². The van der Waals surface area contributed by atoms with Crippen molar-refractivity contribution in [3.05, 3.63) is 90.1 Å². The van der Waals surface area contributed by atoms with E-state index in [1.807, 2.05) is 60.1 Å². The topological polar surface area (TPSA) is 61.3 Å². The van der Waals surface area contributed by atoms with Crippen molar-refractivity contribution < 1.29 is 0 Å². The van der Waals surface area contributed by atoms with Crippen molar-refractivity contribution in [1.82, 2.24) is 18.7 Å². The summed E-state index contributed by atoms with van der Waals surface area (Å²) in [5.74, 6) is 0.376. The first kappa shape index (κ1) is 17.2. The van der Waals surface area contributed by atoms with Gasteiger partial charge in [-0.05, 0) is 35.4 Å². The van der Waals surface area contributed by atoms with E-state index in [1.54, 1.807) is 20.3 Å². The lowest BCUT2D eigenvalue weighted by molar-refractivity contribution is 0.655. The molecule has 0 atom stereocenters. The van der Waals surface area contributed by atoms with Crippen LogP contribution in [0.4, 0.5) is 0 Å². The molecule has 0 unspecified atom stereocenters. The summed E-state index contributed by atoms with van der Waals surface area (Å²) in [6.07, 6.45) is 0. The van der Waals surface area contributed by atoms with E-state index in [0.29, 0.717) is 29.1 Å². The first-order valence-electron chi connectivity index (χ1n) is 8.79. The van der Waals surface area contributed by atoms with Gasteiger partial charge in [0, 0.05) is 4.88 Å². The fourth-order valence-electron chi connectivity index (χ4n) is 3.30. The smallest absolute Gasteiger partial charge is 0.270 e. The average molecular weight is 409 g/mol. The monoisotopic (exact) mass is 408 g/mol. The summed E-state index contributed by atoms with van der Waals surface area (Å²) < 4.78 is 5.15. The minimum absolute atomic E-state index is 0.113. The Kier molecular flexibility index (Phi) is 4.03. The molecule has 0 amide bonds. The highest BCUT2D eigenvalue weighted by atomic mass is 32.1. The van der Waals surface area contributed by atoms with Crippen LogP contribution < -0.4 is 11.2 Å². The quantitative estimate of drug-likeness (QED) is 0.458. The predicted octanol–water partition coefficient (Wildman–Crippen LogP) is 3.34. The van der Waals surface area contributed by atoms with Crippen LogP contribution in [-0.4, -0.2) is 18.7 Å². The Morgan fingerprint density at radius 2 is 1.79 bits per heavy atom. The Balaban J connectivity index is 1.74. The summed E-state index contributed by atoms with van der Waals surface area (Å²) >= 11 is 2.93. The molecule has 4 aromatic heterocycles. The second-order valence-corrected chi connectivity index (χ2v) is 8.62. The molecule has 8 heteroatoms. The zero-order valence-corrected chi connectivity index (χ0v) is 16.7. The number of thiophene rings is 2. The molecule has 0 spiro atoms. The lowest BCUT2D eigenvalue weighted by Crippen LogP contribution is -2.26. The summed E-state index contributed by atoms with van der Waals surface area (Å²) in [4.78, 5) is 27.2. The third-order valence-electron chi connectivity index (χ3n) is 4.74. The van der Waals surface area contributed by atoms with Crippen LogP contribution in [0.25, 0.3) is 16.0 Å². The number of hydrogen-bond donors (Lipinski definition) is 0. The van der Waals surface area contributed by atoms with E-state index in [-0.39, 0.29) is 11.2 Å². The highest BCUT2D eigenvalue weighted by Gasteiger charge is 2.18. The minimum Gasteiger partial charge on any atom is -0.270 e. The van der Waals surface area contributed by atoms with Crippen molar-refractivity contribution in [1.29, 1.82) is 0 Å². The third-order valence-corrected chi connectivity index (χ3v) is 6.49. The van der Waals surface area contributed by atoms with E-state index in [4.69, 9.17) is 0 Å². The summed E-state index contributed by atoms with van der Waals surface area (Å²) in [6.45, 7) is 2.78. The Bertz CT molecular complexity index is 1400. The highest BCUT2D eigenvalue weighted by molar-refractivity contribution is 7.17. The van der Waals surface area contributed by atoms with Crippen LogP contribution in [0.5, 0.6) is 0 Å². The van der Waals surface area contributed by atoms with Crippen LogP contribution in [0.3, 0.4) is 0 Å². The van der Waals surface area contributed by atoms with Crippen LogP contribution in [0, 0.1) is 6.92 Å². The lowest BCUT2D eigenvalue weighted by Gasteiger charge is -2.06. The molecule has 5 aromatic rings. The van der Waals surface area contributed by atoms with E-state index < -0.39 is 0 Å². The van der Waals surface area contributed by atoms with Crippen molar-refractivity contribution >= 4 is 38.7 Å². The highest BCUT2D eigenvalue weighted by Crippen LogP contribution is 2.19. The second-order valence-electron chi connectivity index (χ2n) is 6.67. The first-order chi connectivity index (χ1) is 13.6. The van der Waals surface area contributed by atoms with Crippen LogP contribution >= 0.6 is 22.7 Å². The molecule has 0 radical (unpaired) electrons. The molecule has 6 nitrogen and oxygen atoms in total. The van der Waals surface area contributed by atoms with Gasteiger partial charge in [0.2, 0.25) is 5.78 Å². The van der Waals surface area contributed by atoms with Gasteiger partial charge in [-0.1, -0.05) is 35.9 Å². The van der Waals surface area contributed by atoms with Gasteiger partial charge in [-0.25, -0.2) is 13.9 Å². The molecule has 5 rings (SSSR count). The van der Waals surface area contributed by atoms with Crippen molar-refractivity contribution in [2.45, 2.75) is 20.0 Å². The number of rotatable bonds is 4. The second kappa shape index (κ2) is 6.57. The third kappa shape index (κ3) is 2.73. The Morgan fingerprint density at radius 1 is 0.964 bits per heavy atom. The number of fused-ring (bicyclic) bond motifs is 3. The summed E-state index contributed by atoms with van der Waals surface area (Å²) in [5.41, 5.74) is 2.42.